The van der Waals surface area contributed by atoms with Crippen molar-refractivity contribution < 1.29 is 9.21 Å². The zero-order chi connectivity index (χ0) is 18.0. The molecule has 1 atom stereocenters. The quantitative estimate of drug-likeness (QED) is 0.850. The summed E-state index contributed by atoms with van der Waals surface area (Å²) in [7, 11) is 1.94. The van der Waals surface area contributed by atoms with Crippen molar-refractivity contribution in [1.29, 1.82) is 0 Å². The molecule has 2 aromatic rings. The van der Waals surface area contributed by atoms with E-state index in [1.165, 1.54) is 17.2 Å². The number of hydrogen-bond donors (Lipinski definition) is 0. The molecule has 0 N–H and O–H groups in total. The van der Waals surface area contributed by atoms with Gasteiger partial charge in [-0.3, -0.25) is 9.59 Å². The van der Waals surface area contributed by atoms with Crippen LogP contribution >= 0.6 is 0 Å². The summed E-state index contributed by atoms with van der Waals surface area (Å²) < 4.78 is 6.50. The number of nitrogens with zero attached hydrogens (tertiary/aromatic N) is 4. The molecule has 3 heterocycles. The molecule has 0 bridgehead atoms. The van der Waals surface area contributed by atoms with Gasteiger partial charge in [0, 0.05) is 32.2 Å². The lowest BCUT2D eigenvalue weighted by Crippen LogP contribution is -2.43. The Morgan fingerprint density at radius 3 is 2.88 bits per heavy atom. The highest BCUT2D eigenvalue weighted by molar-refractivity contribution is 5.93. The maximum absolute atomic E-state index is 12.5. The number of amides is 1. The minimum Gasteiger partial charge on any atom is -0.472 e. The third-order valence-electron chi connectivity index (χ3n) is 4.79. The van der Waals surface area contributed by atoms with Crippen molar-refractivity contribution in [2.45, 2.75) is 38.8 Å². The van der Waals surface area contributed by atoms with E-state index in [-0.39, 0.29) is 23.6 Å². The van der Waals surface area contributed by atoms with Gasteiger partial charge in [0.2, 0.25) is 0 Å². The van der Waals surface area contributed by atoms with E-state index in [2.05, 4.69) is 18.9 Å². The Morgan fingerprint density at radius 1 is 1.44 bits per heavy atom. The molecule has 1 amide bonds. The number of rotatable bonds is 4. The SMILES string of the molecule is CC(C)N(C)c1cnn(C2CCCN(C(=O)c3ccoc3)C2)c(=O)c1. The number of hydrogen-bond acceptors (Lipinski definition) is 5. The molecule has 1 saturated heterocycles. The first-order chi connectivity index (χ1) is 12.0. The fraction of sp³-hybridized carbons (Fsp3) is 0.500. The normalized spacial score (nSPS) is 17.8. The summed E-state index contributed by atoms with van der Waals surface area (Å²) in [5.41, 5.74) is 1.21. The molecule has 0 saturated carbocycles. The van der Waals surface area contributed by atoms with Crippen molar-refractivity contribution in [3.05, 3.63) is 46.8 Å². The van der Waals surface area contributed by atoms with Gasteiger partial charge in [-0.05, 0) is 32.8 Å². The van der Waals surface area contributed by atoms with Gasteiger partial charge < -0.3 is 14.2 Å². The molecule has 1 fully saturated rings. The molecule has 0 aliphatic carbocycles. The van der Waals surface area contributed by atoms with Crippen molar-refractivity contribution >= 4 is 11.6 Å². The predicted octanol–water partition coefficient (Wildman–Crippen LogP) is 2.16. The number of anilines is 1. The standard InChI is InChI=1S/C18H24N4O3/c1-13(2)20(3)16-9-17(23)22(19-10-16)15-5-4-7-21(11-15)18(24)14-6-8-25-12-14/h6,8-10,12-13,15H,4-5,7,11H2,1-3H3. The first kappa shape index (κ1) is 17.3. The summed E-state index contributed by atoms with van der Waals surface area (Å²) in [4.78, 5) is 28.8. The lowest BCUT2D eigenvalue weighted by Gasteiger charge is -2.33. The highest BCUT2D eigenvalue weighted by Gasteiger charge is 2.27. The molecule has 0 aromatic carbocycles. The van der Waals surface area contributed by atoms with E-state index in [1.807, 2.05) is 11.9 Å². The van der Waals surface area contributed by atoms with Crippen LogP contribution < -0.4 is 10.5 Å². The van der Waals surface area contributed by atoms with Crippen LogP contribution in [0.5, 0.6) is 0 Å². The molecule has 2 aromatic heterocycles. The number of piperidine rings is 1. The fourth-order valence-electron chi connectivity index (χ4n) is 3.08. The predicted molar refractivity (Wildman–Crippen MR) is 94.9 cm³/mol. The molecule has 1 unspecified atom stereocenters. The number of carbonyl (C=O) groups is 1. The van der Waals surface area contributed by atoms with Crippen LogP contribution in [0.4, 0.5) is 5.69 Å². The zero-order valence-electron chi connectivity index (χ0n) is 14.9. The number of aromatic nitrogens is 2. The van der Waals surface area contributed by atoms with E-state index in [1.54, 1.807) is 23.2 Å². The molecule has 25 heavy (non-hydrogen) atoms. The van der Waals surface area contributed by atoms with Crippen LogP contribution in [0.3, 0.4) is 0 Å². The third-order valence-corrected chi connectivity index (χ3v) is 4.79. The van der Waals surface area contributed by atoms with Crippen molar-refractivity contribution in [2.75, 3.05) is 25.0 Å². The highest BCUT2D eigenvalue weighted by atomic mass is 16.3. The molecule has 7 heteroatoms. The van der Waals surface area contributed by atoms with Gasteiger partial charge in [-0.2, -0.15) is 5.10 Å². The second-order valence-electron chi connectivity index (χ2n) is 6.76. The smallest absolute Gasteiger partial charge is 0.269 e. The molecular formula is C18H24N4O3. The van der Waals surface area contributed by atoms with Crippen LogP contribution in [-0.2, 0) is 0 Å². The Hall–Kier alpha value is -2.57. The largest absolute Gasteiger partial charge is 0.472 e. The second-order valence-corrected chi connectivity index (χ2v) is 6.76. The van der Waals surface area contributed by atoms with Gasteiger partial charge in [-0.25, -0.2) is 4.68 Å². The summed E-state index contributed by atoms with van der Waals surface area (Å²) in [6.45, 7) is 5.29. The van der Waals surface area contributed by atoms with E-state index in [0.717, 1.165) is 18.5 Å². The summed E-state index contributed by atoms with van der Waals surface area (Å²) in [5.74, 6) is -0.0670. The molecule has 1 aliphatic rings. The molecule has 0 radical (unpaired) electrons. The Kier molecular flexibility index (Phi) is 4.92. The number of carbonyl (C=O) groups excluding carboxylic acids is 1. The van der Waals surface area contributed by atoms with Gasteiger partial charge in [0.1, 0.15) is 6.26 Å². The third kappa shape index (κ3) is 3.60. The van der Waals surface area contributed by atoms with E-state index < -0.39 is 0 Å². The molecule has 1 aliphatic heterocycles. The van der Waals surface area contributed by atoms with Crippen LogP contribution in [0.25, 0.3) is 0 Å². The maximum atomic E-state index is 12.5. The van der Waals surface area contributed by atoms with Crippen molar-refractivity contribution in [2.24, 2.45) is 0 Å². The number of furan rings is 1. The van der Waals surface area contributed by atoms with Gasteiger partial charge in [0.25, 0.3) is 11.5 Å². The van der Waals surface area contributed by atoms with Crippen molar-refractivity contribution in [1.82, 2.24) is 14.7 Å². The molecule has 134 valence electrons. The Morgan fingerprint density at radius 2 is 2.24 bits per heavy atom. The Balaban J connectivity index is 1.77. The molecular weight excluding hydrogens is 320 g/mol. The van der Waals surface area contributed by atoms with E-state index in [9.17, 15) is 9.59 Å². The van der Waals surface area contributed by atoms with E-state index >= 15 is 0 Å². The van der Waals surface area contributed by atoms with Gasteiger partial charge in [-0.1, -0.05) is 0 Å². The van der Waals surface area contributed by atoms with Crippen molar-refractivity contribution in [3.63, 3.8) is 0 Å². The number of likely N-dealkylation sites (tertiary alicyclic amines) is 1. The van der Waals surface area contributed by atoms with Crippen molar-refractivity contribution in [3.8, 4) is 0 Å². The van der Waals surface area contributed by atoms with Gasteiger partial charge >= 0.3 is 0 Å². The monoisotopic (exact) mass is 344 g/mol. The first-order valence-electron chi connectivity index (χ1n) is 8.60. The minimum atomic E-state index is -0.132. The second kappa shape index (κ2) is 7.13. The summed E-state index contributed by atoms with van der Waals surface area (Å²) in [5, 5.41) is 4.37. The lowest BCUT2D eigenvalue weighted by atomic mass is 10.0. The average molecular weight is 344 g/mol. The van der Waals surface area contributed by atoms with Crippen LogP contribution in [0.2, 0.25) is 0 Å². The average Bonchev–Trinajstić information content (AvgIpc) is 3.15. The van der Waals surface area contributed by atoms with Crippen LogP contribution in [-0.4, -0.2) is 46.8 Å². The van der Waals surface area contributed by atoms with Gasteiger partial charge in [0.15, 0.2) is 0 Å². The van der Waals surface area contributed by atoms with Crippen LogP contribution in [0, 0.1) is 0 Å². The molecule has 3 rings (SSSR count). The van der Waals surface area contributed by atoms with E-state index in [0.29, 0.717) is 18.7 Å². The first-order valence-corrected chi connectivity index (χ1v) is 8.60. The van der Waals surface area contributed by atoms with Gasteiger partial charge in [0.05, 0.1) is 29.8 Å². The minimum absolute atomic E-state index is 0.0670. The Bertz CT molecular complexity index is 782. The summed E-state index contributed by atoms with van der Waals surface area (Å²) >= 11 is 0. The topological polar surface area (TPSA) is 71.6 Å². The summed E-state index contributed by atoms with van der Waals surface area (Å²) in [6.07, 6.45) is 6.34. The van der Waals surface area contributed by atoms with Gasteiger partial charge in [-0.15, -0.1) is 0 Å². The van der Waals surface area contributed by atoms with Crippen LogP contribution in [0.1, 0.15) is 43.1 Å². The lowest BCUT2D eigenvalue weighted by molar-refractivity contribution is 0.0669. The molecule has 7 nitrogen and oxygen atoms in total. The Labute approximate surface area is 146 Å². The zero-order valence-corrected chi connectivity index (χ0v) is 14.9. The maximum Gasteiger partial charge on any atom is 0.269 e. The summed E-state index contributed by atoms with van der Waals surface area (Å²) in [6, 6.07) is 3.46. The molecule has 0 spiro atoms. The van der Waals surface area contributed by atoms with Crippen LogP contribution in [0.15, 0.2) is 40.1 Å². The van der Waals surface area contributed by atoms with E-state index in [4.69, 9.17) is 4.42 Å². The highest BCUT2D eigenvalue weighted by Crippen LogP contribution is 2.22. The fourth-order valence-corrected chi connectivity index (χ4v) is 3.08.